The van der Waals surface area contributed by atoms with Gasteiger partial charge in [0.2, 0.25) is 0 Å². The van der Waals surface area contributed by atoms with Gasteiger partial charge in [-0.2, -0.15) is 13.2 Å². The monoisotopic (exact) mass is 384 g/mol. The molecule has 4 nitrogen and oxygen atoms in total. The molecule has 0 aromatic heterocycles. The van der Waals surface area contributed by atoms with Gasteiger partial charge in [0.1, 0.15) is 12.2 Å². The highest BCUT2D eigenvalue weighted by Gasteiger charge is 2.51. The van der Waals surface area contributed by atoms with Crippen molar-refractivity contribution in [1.82, 2.24) is 0 Å². The molecule has 0 saturated heterocycles. The van der Waals surface area contributed by atoms with E-state index in [9.17, 15) is 23.1 Å². The number of aliphatic hydroxyl groups excluding tert-OH is 1. The van der Waals surface area contributed by atoms with Crippen molar-refractivity contribution in [2.45, 2.75) is 64.3 Å². The fraction of sp³-hybridized carbons (Fsp3) is 0.550. The minimum absolute atomic E-state index is 0.114. The van der Waals surface area contributed by atoms with Gasteiger partial charge in [0.15, 0.2) is 11.4 Å². The third-order valence-corrected chi connectivity index (χ3v) is 5.31. The molecule has 1 saturated carbocycles. The van der Waals surface area contributed by atoms with Crippen molar-refractivity contribution >= 4 is 11.5 Å². The average Bonchev–Trinajstić information content (AvgIpc) is 2.77. The largest absolute Gasteiger partial charge is 0.507 e. The molecule has 0 bridgehead atoms. The van der Waals surface area contributed by atoms with E-state index in [1.165, 1.54) is 0 Å². The number of carbonyl (C=O) groups excluding carboxylic acids is 1. The molecule has 3 rings (SSSR count). The van der Waals surface area contributed by atoms with E-state index >= 15 is 0 Å². The number of hydrogen-bond donors (Lipinski definition) is 1. The topological polar surface area (TPSA) is 55.8 Å². The highest BCUT2D eigenvalue weighted by Crippen LogP contribution is 2.47. The molecule has 148 valence electrons. The summed E-state index contributed by atoms with van der Waals surface area (Å²) >= 11 is 0. The molecule has 1 spiro atoms. The Hall–Kier alpha value is -2.02. The summed E-state index contributed by atoms with van der Waals surface area (Å²) in [5.74, 6) is -0.700. The van der Waals surface area contributed by atoms with E-state index in [1.807, 2.05) is 32.9 Å². The number of ether oxygens (including phenoxy) is 2. The Labute approximate surface area is 156 Å². The summed E-state index contributed by atoms with van der Waals surface area (Å²) in [7, 11) is 0. The first-order valence-corrected chi connectivity index (χ1v) is 8.96. The average molecular weight is 384 g/mol. The maximum atomic E-state index is 12.6. The van der Waals surface area contributed by atoms with E-state index in [4.69, 9.17) is 9.47 Å². The molecular formula is C20H23F3O4. The number of halogens is 3. The van der Waals surface area contributed by atoms with E-state index in [2.05, 4.69) is 0 Å². The van der Waals surface area contributed by atoms with Gasteiger partial charge in [-0.25, -0.2) is 4.79 Å². The van der Waals surface area contributed by atoms with Crippen LogP contribution in [0.25, 0.3) is 5.57 Å². The lowest BCUT2D eigenvalue weighted by molar-refractivity contribution is -0.192. The number of esters is 1. The normalized spacial score (nSPS) is 26.0. The summed E-state index contributed by atoms with van der Waals surface area (Å²) in [6, 6.07) is 3.87. The van der Waals surface area contributed by atoms with E-state index in [0.29, 0.717) is 5.56 Å². The second-order valence-electron chi connectivity index (χ2n) is 7.51. The number of rotatable bonds is 3. The number of benzene rings is 1. The van der Waals surface area contributed by atoms with E-state index < -0.39 is 30.5 Å². The third kappa shape index (κ3) is 3.83. The Morgan fingerprint density at radius 1 is 1.19 bits per heavy atom. The molecule has 1 aliphatic heterocycles. The molecule has 27 heavy (non-hydrogen) atoms. The standard InChI is InChI=1S/C20H23F3O4/c1-11-8-12(2)15(13(3)9-11)16-17(24)19(27-18(16)25)6-4-14(5-7-19)26-10-20(21,22)23/h8-9,14,24H,4-7,10H2,1-3H3. The first kappa shape index (κ1) is 19.7. The van der Waals surface area contributed by atoms with Gasteiger partial charge in [-0.15, -0.1) is 0 Å². The molecule has 1 heterocycles. The summed E-state index contributed by atoms with van der Waals surface area (Å²) in [5.41, 5.74) is 2.46. The smallest absolute Gasteiger partial charge is 0.411 e. The van der Waals surface area contributed by atoms with Crippen molar-refractivity contribution in [2.75, 3.05) is 6.61 Å². The second kappa shape index (κ2) is 6.86. The van der Waals surface area contributed by atoms with Gasteiger partial charge in [-0.05, 0) is 63.1 Å². The lowest BCUT2D eigenvalue weighted by Crippen LogP contribution is -2.39. The van der Waals surface area contributed by atoms with Crippen LogP contribution < -0.4 is 0 Å². The molecule has 1 aromatic carbocycles. The molecule has 0 unspecified atom stereocenters. The number of aryl methyl sites for hydroxylation is 3. The summed E-state index contributed by atoms with van der Waals surface area (Å²) < 4.78 is 47.4. The van der Waals surface area contributed by atoms with Gasteiger partial charge in [0, 0.05) is 0 Å². The summed E-state index contributed by atoms with van der Waals surface area (Å²) in [5, 5.41) is 10.9. The Kier molecular flexibility index (Phi) is 5.01. The molecule has 1 fully saturated rings. The van der Waals surface area contributed by atoms with Crippen molar-refractivity contribution < 1.29 is 32.5 Å². The molecule has 0 amide bonds. The summed E-state index contributed by atoms with van der Waals surface area (Å²) in [6.07, 6.45) is -3.89. The lowest BCUT2D eigenvalue weighted by Gasteiger charge is -2.35. The van der Waals surface area contributed by atoms with Crippen LogP contribution in [0.5, 0.6) is 0 Å². The fourth-order valence-electron chi connectivity index (χ4n) is 4.17. The highest BCUT2D eigenvalue weighted by atomic mass is 19.4. The van der Waals surface area contributed by atoms with Crippen molar-refractivity contribution in [2.24, 2.45) is 0 Å². The number of carbonyl (C=O) groups is 1. The van der Waals surface area contributed by atoms with E-state index in [1.54, 1.807) is 0 Å². The van der Waals surface area contributed by atoms with Crippen molar-refractivity contribution in [3.8, 4) is 0 Å². The number of aliphatic hydroxyl groups is 1. The quantitative estimate of drug-likeness (QED) is 0.768. The molecule has 7 heteroatoms. The van der Waals surface area contributed by atoms with Crippen LogP contribution in [0.3, 0.4) is 0 Å². The zero-order chi connectivity index (χ0) is 20.0. The van der Waals surface area contributed by atoms with Gasteiger partial charge in [0.25, 0.3) is 0 Å². The van der Waals surface area contributed by atoms with Crippen LogP contribution in [0.2, 0.25) is 0 Å². The van der Waals surface area contributed by atoms with Crippen LogP contribution in [-0.4, -0.2) is 35.6 Å². The predicted octanol–water partition coefficient (Wildman–Crippen LogP) is 4.70. The molecular weight excluding hydrogens is 361 g/mol. The Balaban J connectivity index is 1.83. The van der Waals surface area contributed by atoms with Crippen LogP contribution >= 0.6 is 0 Å². The molecule has 1 N–H and O–H groups in total. The first-order chi connectivity index (χ1) is 12.5. The predicted molar refractivity (Wildman–Crippen MR) is 93.3 cm³/mol. The van der Waals surface area contributed by atoms with Gasteiger partial charge in [-0.3, -0.25) is 0 Å². The Bertz CT molecular complexity index is 764. The molecule has 1 aliphatic carbocycles. The Morgan fingerprint density at radius 2 is 1.74 bits per heavy atom. The Morgan fingerprint density at radius 3 is 2.26 bits per heavy atom. The maximum absolute atomic E-state index is 12.6. The van der Waals surface area contributed by atoms with Crippen molar-refractivity contribution in [3.05, 3.63) is 40.1 Å². The lowest BCUT2D eigenvalue weighted by atomic mass is 9.80. The minimum Gasteiger partial charge on any atom is -0.507 e. The minimum atomic E-state index is -4.37. The maximum Gasteiger partial charge on any atom is 0.411 e. The molecule has 1 aromatic rings. The van der Waals surface area contributed by atoms with E-state index in [-0.39, 0.29) is 37.0 Å². The van der Waals surface area contributed by atoms with Crippen LogP contribution in [0.4, 0.5) is 13.2 Å². The zero-order valence-electron chi connectivity index (χ0n) is 15.6. The SMILES string of the molecule is Cc1cc(C)c(C2=C(O)C3(CCC(OCC(F)(F)F)CC3)OC2=O)c(C)c1. The van der Waals surface area contributed by atoms with Gasteiger partial charge < -0.3 is 14.6 Å². The van der Waals surface area contributed by atoms with Crippen LogP contribution in [0.15, 0.2) is 17.9 Å². The van der Waals surface area contributed by atoms with E-state index in [0.717, 1.165) is 16.7 Å². The number of alkyl halides is 3. The van der Waals surface area contributed by atoms with Crippen LogP contribution in [0, 0.1) is 20.8 Å². The highest BCUT2D eigenvalue weighted by molar-refractivity contribution is 6.20. The van der Waals surface area contributed by atoms with Crippen LogP contribution in [0.1, 0.15) is 47.9 Å². The van der Waals surface area contributed by atoms with Gasteiger partial charge in [-0.1, -0.05) is 17.7 Å². The van der Waals surface area contributed by atoms with Crippen LogP contribution in [-0.2, 0) is 14.3 Å². The fourth-order valence-corrected chi connectivity index (χ4v) is 4.17. The van der Waals surface area contributed by atoms with Crippen molar-refractivity contribution in [1.29, 1.82) is 0 Å². The molecule has 0 atom stereocenters. The molecule has 0 radical (unpaired) electrons. The molecule has 2 aliphatic rings. The zero-order valence-corrected chi connectivity index (χ0v) is 15.6. The van der Waals surface area contributed by atoms with Gasteiger partial charge >= 0.3 is 12.1 Å². The number of hydrogen-bond acceptors (Lipinski definition) is 4. The summed E-state index contributed by atoms with van der Waals surface area (Å²) in [6.45, 7) is 4.40. The third-order valence-electron chi connectivity index (χ3n) is 5.31. The second-order valence-corrected chi connectivity index (χ2v) is 7.51. The van der Waals surface area contributed by atoms with Gasteiger partial charge in [0.05, 0.1) is 6.10 Å². The summed E-state index contributed by atoms with van der Waals surface area (Å²) in [4.78, 5) is 12.6. The van der Waals surface area contributed by atoms with Crippen molar-refractivity contribution in [3.63, 3.8) is 0 Å². The first-order valence-electron chi connectivity index (χ1n) is 8.96.